The second-order valence-corrected chi connectivity index (χ2v) is 21.1. The molecule has 0 bridgehead atoms. The van der Waals surface area contributed by atoms with Crippen LogP contribution in [0.4, 0.5) is 0 Å². The summed E-state index contributed by atoms with van der Waals surface area (Å²) in [6.45, 7) is 16.5. The highest BCUT2D eigenvalue weighted by molar-refractivity contribution is 6.70. The van der Waals surface area contributed by atoms with Crippen LogP contribution in [0.25, 0.3) is 0 Å². The fraction of sp³-hybridized carbons (Fsp3) is 0.760. The van der Waals surface area contributed by atoms with E-state index in [0.717, 1.165) is 18.1 Å². The van der Waals surface area contributed by atoms with Gasteiger partial charge in [0, 0.05) is 0 Å². The quantitative estimate of drug-likeness (QED) is 0.451. The number of ether oxygens (including phenoxy) is 1. The van der Waals surface area contributed by atoms with Gasteiger partial charge in [-0.25, -0.2) is 0 Å². The zero-order chi connectivity index (χ0) is 21.9. The molecule has 5 heteroatoms. The van der Waals surface area contributed by atoms with Crippen LogP contribution in [0.3, 0.4) is 0 Å². The van der Waals surface area contributed by atoms with Crippen molar-refractivity contribution < 1.29 is 13.6 Å². The zero-order valence-corrected chi connectivity index (χ0v) is 22.4. The van der Waals surface area contributed by atoms with E-state index < -0.39 is 16.6 Å². The van der Waals surface area contributed by atoms with Crippen molar-refractivity contribution in [1.29, 1.82) is 0 Å². The molecule has 6 unspecified atom stereocenters. The highest BCUT2D eigenvalue weighted by Crippen LogP contribution is 2.63. The van der Waals surface area contributed by atoms with Gasteiger partial charge in [-0.3, -0.25) is 0 Å². The molecule has 6 atom stereocenters. The van der Waals surface area contributed by atoms with Crippen molar-refractivity contribution >= 4 is 16.6 Å². The van der Waals surface area contributed by atoms with Crippen LogP contribution < -0.4 is 4.74 Å². The molecule has 1 aromatic carbocycles. The van der Waals surface area contributed by atoms with E-state index in [4.69, 9.17) is 13.6 Å². The van der Waals surface area contributed by atoms with Crippen LogP contribution in [0.5, 0.6) is 5.75 Å². The molecule has 30 heavy (non-hydrogen) atoms. The molecule has 0 saturated heterocycles. The van der Waals surface area contributed by atoms with Gasteiger partial charge in [-0.15, -0.1) is 0 Å². The van der Waals surface area contributed by atoms with Gasteiger partial charge in [0.2, 0.25) is 0 Å². The summed E-state index contributed by atoms with van der Waals surface area (Å²) < 4.78 is 19.1. The zero-order valence-electron chi connectivity index (χ0n) is 20.4. The molecule has 3 aliphatic carbocycles. The molecule has 3 nitrogen and oxygen atoms in total. The van der Waals surface area contributed by atoms with Crippen LogP contribution in [-0.2, 0) is 8.85 Å². The van der Waals surface area contributed by atoms with Gasteiger partial charge >= 0.3 is 0 Å². The molecule has 0 heterocycles. The monoisotopic (exact) mass is 446 g/mol. The molecule has 3 aliphatic rings. The number of hydrogen-bond acceptors (Lipinski definition) is 3. The van der Waals surface area contributed by atoms with Crippen molar-refractivity contribution in [2.24, 2.45) is 17.3 Å². The summed E-state index contributed by atoms with van der Waals surface area (Å²) in [5.41, 5.74) is 3.26. The van der Waals surface area contributed by atoms with Crippen LogP contribution in [0.2, 0.25) is 39.3 Å². The minimum Gasteiger partial charge on any atom is -0.497 e. The smallest absolute Gasteiger partial charge is 0.184 e. The molecule has 0 spiro atoms. The van der Waals surface area contributed by atoms with E-state index in [2.05, 4.69) is 64.4 Å². The Morgan fingerprint density at radius 1 is 0.900 bits per heavy atom. The maximum absolute atomic E-state index is 6.80. The minimum atomic E-state index is -1.65. The van der Waals surface area contributed by atoms with Gasteiger partial charge < -0.3 is 13.6 Å². The summed E-state index contributed by atoms with van der Waals surface area (Å²) >= 11 is 0. The van der Waals surface area contributed by atoms with E-state index >= 15 is 0 Å². The first-order valence-corrected chi connectivity index (χ1v) is 18.8. The Labute approximate surface area is 186 Å². The van der Waals surface area contributed by atoms with Crippen molar-refractivity contribution in [3.63, 3.8) is 0 Å². The first kappa shape index (κ1) is 22.6. The standard InChI is InChI=1S/C25H42O3Si2/c1-25-14-13-19-18-10-9-17(26-2)15-21(18)23(27-29(3,4)5)16-20(19)22(25)11-12-24(25)28-30(6,7)8/h9-10,15,19-20,22-24H,11-14,16H2,1-8H3. The Morgan fingerprint density at radius 3 is 2.23 bits per heavy atom. The lowest BCUT2D eigenvalue weighted by molar-refractivity contribution is -0.0283. The SMILES string of the molecule is COc1ccc2c(c1)C(O[Si](C)(C)C)CC1C2CCC2(C)C(O[Si](C)(C)C)CCC12. The van der Waals surface area contributed by atoms with Gasteiger partial charge in [0.05, 0.1) is 19.3 Å². The molecule has 0 amide bonds. The molecule has 0 N–H and O–H groups in total. The number of methoxy groups -OCH3 is 1. The van der Waals surface area contributed by atoms with Crippen molar-refractivity contribution in [2.45, 2.75) is 96.4 Å². The summed E-state index contributed by atoms with van der Waals surface area (Å²) in [7, 11) is -1.42. The summed E-state index contributed by atoms with van der Waals surface area (Å²) in [6.07, 6.45) is 6.95. The lowest BCUT2D eigenvalue weighted by Crippen LogP contribution is -2.48. The van der Waals surface area contributed by atoms with E-state index in [9.17, 15) is 0 Å². The van der Waals surface area contributed by atoms with Crippen LogP contribution >= 0.6 is 0 Å². The predicted molar refractivity (Wildman–Crippen MR) is 129 cm³/mol. The number of rotatable bonds is 5. The largest absolute Gasteiger partial charge is 0.497 e. The summed E-state index contributed by atoms with van der Waals surface area (Å²) in [4.78, 5) is 0. The molecule has 2 saturated carbocycles. The second kappa shape index (κ2) is 7.75. The second-order valence-electron chi connectivity index (χ2n) is 12.2. The van der Waals surface area contributed by atoms with Crippen LogP contribution in [0, 0.1) is 17.3 Å². The normalized spacial score (nSPS) is 36.1. The highest BCUT2D eigenvalue weighted by atomic mass is 28.4. The highest BCUT2D eigenvalue weighted by Gasteiger charge is 2.57. The Hall–Kier alpha value is -0.626. The maximum Gasteiger partial charge on any atom is 0.184 e. The Kier molecular flexibility index (Phi) is 5.83. The van der Waals surface area contributed by atoms with Crippen molar-refractivity contribution in [1.82, 2.24) is 0 Å². The maximum atomic E-state index is 6.80. The van der Waals surface area contributed by atoms with Gasteiger partial charge in [0.25, 0.3) is 0 Å². The predicted octanol–water partition coefficient (Wildman–Crippen LogP) is 7.12. The first-order valence-electron chi connectivity index (χ1n) is 11.9. The molecule has 1 aromatic rings. The van der Waals surface area contributed by atoms with Crippen LogP contribution in [0.1, 0.15) is 62.2 Å². The summed E-state index contributed by atoms with van der Waals surface area (Å²) in [5, 5.41) is 0. The molecule has 0 aromatic heterocycles. The average molecular weight is 447 g/mol. The molecule has 168 valence electrons. The van der Waals surface area contributed by atoms with Crippen LogP contribution in [-0.4, -0.2) is 29.8 Å². The fourth-order valence-electron chi connectivity index (χ4n) is 6.78. The molecule has 2 fully saturated rings. The van der Waals surface area contributed by atoms with E-state index in [1.807, 2.05) is 0 Å². The number of fused-ring (bicyclic) bond motifs is 5. The molecular weight excluding hydrogens is 404 g/mol. The van der Waals surface area contributed by atoms with Gasteiger partial charge in [-0.2, -0.15) is 0 Å². The van der Waals surface area contributed by atoms with Crippen LogP contribution in [0.15, 0.2) is 18.2 Å². The minimum absolute atomic E-state index is 0.210. The van der Waals surface area contributed by atoms with Crippen molar-refractivity contribution in [3.05, 3.63) is 29.3 Å². The third-order valence-electron chi connectivity index (χ3n) is 7.87. The third kappa shape index (κ3) is 4.19. The molecule has 0 radical (unpaired) electrons. The number of hydrogen-bond donors (Lipinski definition) is 0. The number of benzene rings is 1. The topological polar surface area (TPSA) is 27.7 Å². The van der Waals surface area contributed by atoms with Crippen molar-refractivity contribution in [2.75, 3.05) is 7.11 Å². The Morgan fingerprint density at radius 2 is 1.60 bits per heavy atom. The first-order chi connectivity index (χ1) is 13.9. The third-order valence-corrected chi connectivity index (χ3v) is 9.85. The summed E-state index contributed by atoms with van der Waals surface area (Å²) in [5.74, 6) is 3.08. The van der Waals surface area contributed by atoms with E-state index in [-0.39, 0.29) is 6.10 Å². The average Bonchev–Trinajstić information content (AvgIpc) is 2.95. The Balaban J connectivity index is 1.68. The lowest BCUT2D eigenvalue weighted by atomic mass is 9.55. The fourth-order valence-corrected chi connectivity index (χ4v) is 9.10. The van der Waals surface area contributed by atoms with Crippen molar-refractivity contribution in [3.8, 4) is 5.75 Å². The Bertz CT molecular complexity index is 782. The van der Waals surface area contributed by atoms with E-state index in [1.54, 1.807) is 7.11 Å². The summed E-state index contributed by atoms with van der Waals surface area (Å²) in [6, 6.07) is 6.77. The van der Waals surface area contributed by atoms with Gasteiger partial charge in [0.15, 0.2) is 16.6 Å². The molecule has 0 aliphatic heterocycles. The van der Waals surface area contributed by atoms with Gasteiger partial charge in [-0.1, -0.05) is 13.0 Å². The van der Waals surface area contributed by atoms with Gasteiger partial charge in [0.1, 0.15) is 5.75 Å². The molecular formula is C25H42O3Si2. The molecule has 4 rings (SSSR count). The van der Waals surface area contributed by atoms with Gasteiger partial charge in [-0.05, 0) is 118 Å². The van der Waals surface area contributed by atoms with E-state index in [1.165, 1.54) is 36.8 Å². The van der Waals surface area contributed by atoms with E-state index in [0.29, 0.717) is 23.4 Å². The lowest BCUT2D eigenvalue weighted by Gasteiger charge is -2.53.